The van der Waals surface area contributed by atoms with Gasteiger partial charge in [-0.05, 0) is 36.4 Å². The summed E-state index contributed by atoms with van der Waals surface area (Å²) in [6.45, 7) is 0. The van der Waals surface area contributed by atoms with Gasteiger partial charge in [0.05, 0.1) is 11.6 Å². The van der Waals surface area contributed by atoms with Gasteiger partial charge in [-0.15, -0.1) is 0 Å². The molecule has 3 aromatic rings. The van der Waals surface area contributed by atoms with Crippen LogP contribution in [-0.4, -0.2) is 10.8 Å². The van der Waals surface area contributed by atoms with E-state index in [-0.39, 0.29) is 5.78 Å². The summed E-state index contributed by atoms with van der Waals surface area (Å²) < 4.78 is 0.683. The molecule has 21 heavy (non-hydrogen) atoms. The van der Waals surface area contributed by atoms with Gasteiger partial charge in [0.1, 0.15) is 0 Å². The zero-order chi connectivity index (χ0) is 15.0. The van der Waals surface area contributed by atoms with E-state index in [1.807, 2.05) is 0 Å². The maximum absolute atomic E-state index is 12.7. The lowest BCUT2D eigenvalue weighted by Gasteiger charge is -2.04. The van der Waals surface area contributed by atoms with E-state index in [0.717, 1.165) is 10.9 Å². The summed E-state index contributed by atoms with van der Waals surface area (Å²) in [5.41, 5.74) is 2.34. The highest BCUT2D eigenvalue weighted by atomic mass is 79.9. The molecule has 0 aliphatic carbocycles. The third-order valence-corrected chi connectivity index (χ3v) is 4.16. The van der Waals surface area contributed by atoms with Crippen molar-refractivity contribution in [3.63, 3.8) is 0 Å². The molecule has 2 aromatic carbocycles. The van der Waals surface area contributed by atoms with Crippen molar-refractivity contribution in [2.75, 3.05) is 0 Å². The summed E-state index contributed by atoms with van der Waals surface area (Å²) in [6.07, 6.45) is 1.65. The Balaban J connectivity index is 2.18. The Labute approximate surface area is 134 Å². The average molecular weight is 360 g/mol. The van der Waals surface area contributed by atoms with E-state index < -0.39 is 0 Å². The number of halogens is 2. The van der Waals surface area contributed by atoms with E-state index in [4.69, 9.17) is 16.9 Å². The number of H-pyrrole nitrogens is 1. The molecule has 0 saturated carbocycles. The van der Waals surface area contributed by atoms with Crippen LogP contribution in [0.3, 0.4) is 0 Å². The van der Waals surface area contributed by atoms with E-state index in [1.54, 1.807) is 42.6 Å². The van der Waals surface area contributed by atoms with E-state index in [1.165, 1.54) is 0 Å². The van der Waals surface area contributed by atoms with Crippen LogP contribution in [0.2, 0.25) is 5.02 Å². The zero-order valence-electron chi connectivity index (χ0n) is 10.7. The largest absolute Gasteiger partial charge is 0.360 e. The molecule has 102 valence electrons. The number of rotatable bonds is 2. The first-order valence-electron chi connectivity index (χ1n) is 6.11. The first-order chi connectivity index (χ1) is 10.1. The standard InChI is InChI=1S/C16H8BrClN2O/c17-14-3-2-10(18)6-12(14)16(21)13-8-20-15-4-1-9(7-19)5-11(13)15/h1-6,8,20H. The molecule has 0 spiro atoms. The minimum Gasteiger partial charge on any atom is -0.360 e. The number of benzene rings is 2. The second-order valence-electron chi connectivity index (χ2n) is 4.53. The van der Waals surface area contributed by atoms with Crippen molar-refractivity contribution in [2.45, 2.75) is 0 Å². The van der Waals surface area contributed by atoms with Gasteiger partial charge in [0.25, 0.3) is 0 Å². The number of carbonyl (C=O) groups excluding carboxylic acids is 1. The van der Waals surface area contributed by atoms with Crippen LogP contribution in [0.5, 0.6) is 0 Å². The lowest BCUT2D eigenvalue weighted by atomic mass is 10.0. The number of hydrogen-bond donors (Lipinski definition) is 1. The average Bonchev–Trinajstić information content (AvgIpc) is 2.91. The monoisotopic (exact) mass is 358 g/mol. The highest BCUT2D eigenvalue weighted by Gasteiger charge is 2.17. The predicted octanol–water partition coefficient (Wildman–Crippen LogP) is 4.69. The summed E-state index contributed by atoms with van der Waals surface area (Å²) in [4.78, 5) is 15.7. The fourth-order valence-electron chi connectivity index (χ4n) is 2.19. The smallest absolute Gasteiger partial charge is 0.196 e. The van der Waals surface area contributed by atoms with Gasteiger partial charge in [0.2, 0.25) is 0 Å². The van der Waals surface area contributed by atoms with Crippen LogP contribution < -0.4 is 0 Å². The van der Waals surface area contributed by atoms with Crippen LogP contribution in [0, 0.1) is 11.3 Å². The number of fused-ring (bicyclic) bond motifs is 1. The molecule has 0 unspecified atom stereocenters. The van der Waals surface area contributed by atoms with Crippen molar-refractivity contribution in [2.24, 2.45) is 0 Å². The number of hydrogen-bond acceptors (Lipinski definition) is 2. The van der Waals surface area contributed by atoms with E-state index in [2.05, 4.69) is 27.0 Å². The van der Waals surface area contributed by atoms with Crippen LogP contribution in [0.4, 0.5) is 0 Å². The summed E-state index contributed by atoms with van der Waals surface area (Å²) in [5, 5.41) is 10.2. The van der Waals surface area contributed by atoms with Crippen LogP contribution >= 0.6 is 27.5 Å². The molecule has 5 heteroatoms. The topological polar surface area (TPSA) is 56.6 Å². The van der Waals surface area contributed by atoms with Crippen molar-refractivity contribution < 1.29 is 4.79 Å². The highest BCUT2D eigenvalue weighted by molar-refractivity contribution is 9.10. The fraction of sp³-hybridized carbons (Fsp3) is 0. The molecule has 1 heterocycles. The molecule has 0 aliphatic rings. The van der Waals surface area contributed by atoms with Crippen molar-refractivity contribution in [3.05, 3.63) is 68.8 Å². The van der Waals surface area contributed by atoms with Crippen molar-refractivity contribution >= 4 is 44.2 Å². The SMILES string of the molecule is N#Cc1ccc2[nH]cc(C(=O)c3cc(Cl)ccc3Br)c2c1. The first-order valence-corrected chi connectivity index (χ1v) is 7.28. The Morgan fingerprint density at radius 2 is 2.00 bits per heavy atom. The number of nitrogens with zero attached hydrogens (tertiary/aromatic N) is 1. The van der Waals surface area contributed by atoms with Gasteiger partial charge in [0, 0.05) is 37.7 Å². The van der Waals surface area contributed by atoms with Crippen molar-refractivity contribution in [1.29, 1.82) is 5.26 Å². The zero-order valence-corrected chi connectivity index (χ0v) is 13.0. The molecule has 0 atom stereocenters. The molecule has 0 bridgehead atoms. The van der Waals surface area contributed by atoms with E-state index >= 15 is 0 Å². The molecular formula is C16H8BrClN2O. The van der Waals surface area contributed by atoms with Crippen LogP contribution in [-0.2, 0) is 0 Å². The third-order valence-electron chi connectivity index (χ3n) is 3.23. The Morgan fingerprint density at radius 1 is 1.19 bits per heavy atom. The van der Waals surface area contributed by atoms with Crippen LogP contribution in [0.15, 0.2) is 47.1 Å². The predicted molar refractivity (Wildman–Crippen MR) is 85.6 cm³/mol. The molecule has 0 radical (unpaired) electrons. The Bertz CT molecular complexity index is 908. The lowest BCUT2D eigenvalue weighted by Crippen LogP contribution is -2.01. The molecule has 0 saturated heterocycles. The highest BCUT2D eigenvalue weighted by Crippen LogP contribution is 2.27. The second-order valence-corrected chi connectivity index (χ2v) is 5.82. The van der Waals surface area contributed by atoms with E-state index in [9.17, 15) is 4.79 Å². The summed E-state index contributed by atoms with van der Waals surface area (Å²) in [7, 11) is 0. The van der Waals surface area contributed by atoms with Crippen LogP contribution in [0.25, 0.3) is 10.9 Å². The van der Waals surface area contributed by atoms with Gasteiger partial charge in [-0.25, -0.2) is 0 Å². The maximum Gasteiger partial charge on any atom is 0.196 e. The van der Waals surface area contributed by atoms with Gasteiger partial charge in [-0.3, -0.25) is 4.79 Å². The molecule has 3 nitrogen and oxygen atoms in total. The second kappa shape index (κ2) is 5.36. The fourth-order valence-corrected chi connectivity index (χ4v) is 2.79. The minimum atomic E-state index is -0.147. The lowest BCUT2D eigenvalue weighted by molar-refractivity contribution is 0.103. The molecule has 1 N–H and O–H groups in total. The number of nitriles is 1. The minimum absolute atomic E-state index is 0.147. The summed E-state index contributed by atoms with van der Waals surface area (Å²) in [6, 6.07) is 12.4. The van der Waals surface area contributed by atoms with Gasteiger partial charge < -0.3 is 4.98 Å². The molecule has 0 fully saturated rings. The normalized spacial score (nSPS) is 10.5. The van der Waals surface area contributed by atoms with Crippen molar-refractivity contribution in [3.8, 4) is 6.07 Å². The molecule has 0 amide bonds. The van der Waals surface area contributed by atoms with Crippen LogP contribution in [0.1, 0.15) is 21.5 Å². The molecular weight excluding hydrogens is 352 g/mol. The molecule has 0 aliphatic heterocycles. The Kier molecular flexibility index (Phi) is 3.54. The number of aromatic nitrogens is 1. The Hall–Kier alpha value is -2.09. The summed E-state index contributed by atoms with van der Waals surface area (Å²) >= 11 is 9.33. The molecule has 1 aromatic heterocycles. The van der Waals surface area contributed by atoms with Crippen molar-refractivity contribution in [1.82, 2.24) is 4.98 Å². The Morgan fingerprint density at radius 3 is 2.76 bits per heavy atom. The number of carbonyl (C=O) groups is 1. The number of nitrogens with one attached hydrogen (secondary N) is 1. The first kappa shape index (κ1) is 13.9. The van der Waals surface area contributed by atoms with Gasteiger partial charge >= 0.3 is 0 Å². The molecule has 3 rings (SSSR count). The van der Waals surface area contributed by atoms with Gasteiger partial charge in [0.15, 0.2) is 5.78 Å². The number of aromatic amines is 1. The maximum atomic E-state index is 12.7. The van der Waals surface area contributed by atoms with E-state index in [0.29, 0.717) is 26.2 Å². The summed E-state index contributed by atoms with van der Waals surface area (Å²) in [5.74, 6) is -0.147. The number of ketones is 1. The van der Waals surface area contributed by atoms with Gasteiger partial charge in [-0.1, -0.05) is 27.5 Å². The van der Waals surface area contributed by atoms with Gasteiger partial charge in [-0.2, -0.15) is 5.26 Å². The third kappa shape index (κ3) is 2.46. The quantitative estimate of drug-likeness (QED) is 0.675.